The largest absolute Gasteiger partial charge is 0.443 e. The highest BCUT2D eigenvalue weighted by molar-refractivity contribution is 6.01. The fourth-order valence-corrected chi connectivity index (χ4v) is 3.72. The van der Waals surface area contributed by atoms with E-state index in [2.05, 4.69) is 6.07 Å². The third kappa shape index (κ3) is 3.23. The molecule has 0 aliphatic carbocycles. The van der Waals surface area contributed by atoms with Crippen LogP contribution in [0.3, 0.4) is 0 Å². The van der Waals surface area contributed by atoms with Gasteiger partial charge in [-0.25, -0.2) is 0 Å². The molecular weight excluding hydrogens is 338 g/mol. The summed E-state index contributed by atoms with van der Waals surface area (Å²) in [6.45, 7) is 1.43. The van der Waals surface area contributed by atoms with Crippen LogP contribution in [0.25, 0.3) is 0 Å². The van der Waals surface area contributed by atoms with E-state index in [0.29, 0.717) is 36.5 Å². The van der Waals surface area contributed by atoms with Gasteiger partial charge in [-0.1, -0.05) is 60.7 Å². The molecule has 4 rings (SSSR count). The molecule has 2 aromatic carbocycles. The number of hydrogen-bond acceptors (Lipinski definition) is 5. The predicted octanol–water partition coefficient (Wildman–Crippen LogP) is 2.83. The number of carbonyl (C=O) groups excluding carboxylic acids is 1. The van der Waals surface area contributed by atoms with E-state index < -0.39 is 5.92 Å². The first kappa shape index (κ1) is 17.1. The first-order chi connectivity index (χ1) is 13.2. The van der Waals surface area contributed by atoms with Crippen molar-refractivity contribution in [3.8, 4) is 6.07 Å². The molecule has 2 heterocycles. The van der Waals surface area contributed by atoms with Gasteiger partial charge in [0.2, 0.25) is 5.88 Å². The second-order valence-corrected chi connectivity index (χ2v) is 6.73. The molecule has 1 atom stereocenters. The molecule has 0 saturated carbocycles. The Morgan fingerprint density at radius 2 is 1.74 bits per heavy atom. The molecule has 0 saturated heterocycles. The minimum atomic E-state index is -0.466. The molecule has 0 spiro atoms. The number of nitriles is 1. The number of nitrogens with two attached hydrogens (primary N) is 1. The van der Waals surface area contributed by atoms with Crippen LogP contribution in [0.1, 0.15) is 17.0 Å². The number of hydrogen-bond donors (Lipinski definition) is 1. The van der Waals surface area contributed by atoms with Gasteiger partial charge < -0.3 is 10.5 Å². The third-order valence-corrected chi connectivity index (χ3v) is 4.91. The van der Waals surface area contributed by atoms with Crippen LogP contribution in [0.15, 0.2) is 83.5 Å². The monoisotopic (exact) mass is 357 g/mol. The van der Waals surface area contributed by atoms with Crippen molar-refractivity contribution in [2.24, 2.45) is 5.73 Å². The summed E-state index contributed by atoms with van der Waals surface area (Å²) < 4.78 is 5.74. The summed E-state index contributed by atoms with van der Waals surface area (Å²) in [7, 11) is 0. The lowest BCUT2D eigenvalue weighted by Crippen LogP contribution is -2.41. The Labute approximate surface area is 158 Å². The van der Waals surface area contributed by atoms with Crippen molar-refractivity contribution >= 4 is 5.78 Å². The fraction of sp³-hybridized carbons (Fsp3) is 0.182. The van der Waals surface area contributed by atoms with Gasteiger partial charge in [-0.3, -0.25) is 9.69 Å². The summed E-state index contributed by atoms with van der Waals surface area (Å²) in [5.74, 6) is 0.139. The molecule has 0 radical (unpaired) electrons. The Hall–Kier alpha value is -3.36. The Morgan fingerprint density at radius 3 is 2.41 bits per heavy atom. The quantitative estimate of drug-likeness (QED) is 0.914. The number of ketones is 1. The molecule has 0 aromatic heterocycles. The van der Waals surface area contributed by atoms with Crippen molar-refractivity contribution in [1.82, 2.24) is 4.90 Å². The van der Waals surface area contributed by atoms with E-state index in [4.69, 9.17) is 10.5 Å². The highest BCUT2D eigenvalue weighted by atomic mass is 16.5. The maximum absolute atomic E-state index is 13.0. The molecule has 2 aliphatic heterocycles. The van der Waals surface area contributed by atoms with Gasteiger partial charge in [0.05, 0.1) is 19.0 Å². The average molecular weight is 357 g/mol. The number of nitrogens with zero attached hydrogens (tertiary/aromatic N) is 2. The molecule has 0 fully saturated rings. The Morgan fingerprint density at radius 1 is 1.07 bits per heavy atom. The zero-order valence-corrected chi connectivity index (χ0v) is 14.8. The number of ether oxygens (including phenoxy) is 1. The molecule has 2 aliphatic rings. The molecule has 2 aromatic rings. The summed E-state index contributed by atoms with van der Waals surface area (Å²) in [5.41, 5.74) is 8.89. The molecule has 5 nitrogen and oxygen atoms in total. The van der Waals surface area contributed by atoms with E-state index in [1.165, 1.54) is 0 Å². The van der Waals surface area contributed by atoms with Gasteiger partial charge in [0.25, 0.3) is 0 Å². The summed E-state index contributed by atoms with van der Waals surface area (Å²) in [6, 6.07) is 21.6. The molecule has 134 valence electrons. The van der Waals surface area contributed by atoms with Crippen LogP contribution < -0.4 is 5.73 Å². The predicted molar refractivity (Wildman–Crippen MR) is 101 cm³/mol. The second-order valence-electron chi connectivity index (χ2n) is 6.73. The Kier molecular flexibility index (Phi) is 4.49. The lowest BCUT2D eigenvalue weighted by molar-refractivity contribution is -0.118. The van der Waals surface area contributed by atoms with Crippen LogP contribution in [0, 0.1) is 11.3 Å². The maximum atomic E-state index is 13.0. The summed E-state index contributed by atoms with van der Waals surface area (Å²) >= 11 is 0. The molecule has 27 heavy (non-hydrogen) atoms. The van der Waals surface area contributed by atoms with Crippen molar-refractivity contribution in [3.63, 3.8) is 0 Å². The number of carbonyl (C=O) groups is 1. The molecule has 0 bridgehead atoms. The first-order valence-corrected chi connectivity index (χ1v) is 8.82. The van der Waals surface area contributed by atoms with Crippen molar-refractivity contribution in [2.45, 2.75) is 12.5 Å². The van der Waals surface area contributed by atoms with Gasteiger partial charge >= 0.3 is 0 Å². The number of allylic oxidation sites excluding steroid dienone is 1. The van der Waals surface area contributed by atoms with E-state index >= 15 is 0 Å². The van der Waals surface area contributed by atoms with E-state index in [9.17, 15) is 10.1 Å². The first-order valence-electron chi connectivity index (χ1n) is 8.82. The Bertz CT molecular complexity index is 972. The minimum Gasteiger partial charge on any atom is -0.443 e. The van der Waals surface area contributed by atoms with E-state index in [-0.39, 0.29) is 11.7 Å². The van der Waals surface area contributed by atoms with E-state index in [1.807, 2.05) is 65.6 Å². The minimum absolute atomic E-state index is 0.0266. The summed E-state index contributed by atoms with van der Waals surface area (Å²) in [4.78, 5) is 15.1. The standard InChI is InChI=1S/C22H19N3O2/c23-11-17-20(16-9-5-2-6-10-16)21-18(26)13-25(14-19(21)27-22(17)24)12-15-7-3-1-4-8-15/h1-10,20H,12-14,24H2. The SMILES string of the molecule is N#CC1=C(N)OC2=C(C(=O)CN(Cc3ccccc3)C2)C1c1ccccc1. The average Bonchev–Trinajstić information content (AvgIpc) is 2.68. The van der Waals surface area contributed by atoms with Gasteiger partial charge in [0.15, 0.2) is 5.78 Å². The highest BCUT2D eigenvalue weighted by Gasteiger charge is 2.39. The third-order valence-electron chi connectivity index (χ3n) is 4.91. The molecule has 0 amide bonds. The van der Waals surface area contributed by atoms with Crippen LogP contribution in [0.4, 0.5) is 0 Å². The molecule has 2 N–H and O–H groups in total. The number of rotatable bonds is 3. The van der Waals surface area contributed by atoms with E-state index in [1.54, 1.807) is 0 Å². The van der Waals surface area contributed by atoms with Gasteiger partial charge in [-0.05, 0) is 11.1 Å². The topological polar surface area (TPSA) is 79.4 Å². The Balaban J connectivity index is 1.70. The maximum Gasteiger partial charge on any atom is 0.205 e. The van der Waals surface area contributed by atoms with Crippen molar-refractivity contribution in [3.05, 3.63) is 94.6 Å². The highest BCUT2D eigenvalue weighted by Crippen LogP contribution is 2.41. The normalized spacial score (nSPS) is 20.1. The fourth-order valence-electron chi connectivity index (χ4n) is 3.72. The van der Waals surface area contributed by atoms with E-state index in [0.717, 1.165) is 11.1 Å². The smallest absolute Gasteiger partial charge is 0.205 e. The van der Waals surface area contributed by atoms with Crippen LogP contribution in [-0.2, 0) is 16.1 Å². The lowest BCUT2D eigenvalue weighted by Gasteiger charge is -2.35. The zero-order valence-electron chi connectivity index (χ0n) is 14.8. The number of benzene rings is 2. The van der Waals surface area contributed by atoms with Crippen molar-refractivity contribution < 1.29 is 9.53 Å². The molecular formula is C22H19N3O2. The zero-order chi connectivity index (χ0) is 18.8. The van der Waals surface area contributed by atoms with Crippen LogP contribution in [0.5, 0.6) is 0 Å². The lowest BCUT2D eigenvalue weighted by atomic mass is 9.80. The van der Waals surface area contributed by atoms with Gasteiger partial charge in [-0.15, -0.1) is 0 Å². The van der Waals surface area contributed by atoms with Crippen LogP contribution in [0.2, 0.25) is 0 Å². The molecule has 1 unspecified atom stereocenters. The summed E-state index contributed by atoms with van der Waals surface area (Å²) in [6.07, 6.45) is 0. The second kappa shape index (κ2) is 7.10. The van der Waals surface area contributed by atoms with Crippen LogP contribution in [-0.4, -0.2) is 23.8 Å². The van der Waals surface area contributed by atoms with Gasteiger partial charge in [0, 0.05) is 12.1 Å². The van der Waals surface area contributed by atoms with Crippen molar-refractivity contribution in [1.29, 1.82) is 5.26 Å². The van der Waals surface area contributed by atoms with Crippen LogP contribution >= 0.6 is 0 Å². The van der Waals surface area contributed by atoms with Gasteiger partial charge in [-0.2, -0.15) is 5.26 Å². The van der Waals surface area contributed by atoms with Gasteiger partial charge in [0.1, 0.15) is 17.4 Å². The molecule has 5 heteroatoms. The summed E-state index contributed by atoms with van der Waals surface area (Å²) in [5, 5.41) is 9.60. The number of Topliss-reactive ketones (excluding diaryl/α,β-unsaturated/α-hetero) is 1. The van der Waals surface area contributed by atoms with Crippen molar-refractivity contribution in [2.75, 3.05) is 13.1 Å².